The van der Waals surface area contributed by atoms with E-state index in [9.17, 15) is 10.1 Å². The predicted octanol–water partition coefficient (Wildman–Crippen LogP) is 2.30. The van der Waals surface area contributed by atoms with Gasteiger partial charge in [0.2, 0.25) is 5.91 Å². The van der Waals surface area contributed by atoms with E-state index in [1.807, 2.05) is 48.7 Å². The summed E-state index contributed by atoms with van der Waals surface area (Å²) in [5.41, 5.74) is 3.56. The van der Waals surface area contributed by atoms with Crippen molar-refractivity contribution in [2.24, 2.45) is 0 Å². The maximum absolute atomic E-state index is 12.6. The standard InChI is InChI=1S/C20H24N4O2/c1-15-16(2)24(13-17-6-4-3-5-7-17)20(18(15)12-21)22-19(25)14-23-8-10-26-11-9-23/h3-7H,8-11,13-14H2,1-2H3,(H,22,25). The zero-order chi connectivity index (χ0) is 18.5. The number of rotatable bonds is 5. The Morgan fingerprint density at radius 3 is 2.58 bits per heavy atom. The lowest BCUT2D eigenvalue weighted by atomic mass is 10.2. The van der Waals surface area contributed by atoms with Crippen molar-refractivity contribution in [3.05, 3.63) is 52.7 Å². The summed E-state index contributed by atoms with van der Waals surface area (Å²) in [6, 6.07) is 12.3. The van der Waals surface area contributed by atoms with Crippen LogP contribution in [0.25, 0.3) is 0 Å². The highest BCUT2D eigenvalue weighted by Gasteiger charge is 2.21. The molecule has 0 radical (unpaired) electrons. The second-order valence-electron chi connectivity index (χ2n) is 6.55. The Balaban J connectivity index is 1.83. The molecule has 26 heavy (non-hydrogen) atoms. The highest BCUT2D eigenvalue weighted by atomic mass is 16.5. The number of benzene rings is 1. The van der Waals surface area contributed by atoms with Crippen LogP contribution in [0.1, 0.15) is 22.4 Å². The van der Waals surface area contributed by atoms with E-state index in [4.69, 9.17) is 4.74 Å². The Hall–Kier alpha value is -2.62. The predicted molar refractivity (Wildman–Crippen MR) is 100 cm³/mol. The third kappa shape index (κ3) is 3.96. The highest BCUT2D eigenvalue weighted by molar-refractivity contribution is 5.93. The summed E-state index contributed by atoms with van der Waals surface area (Å²) in [6.45, 7) is 7.64. The van der Waals surface area contributed by atoms with Crippen LogP contribution in [0.3, 0.4) is 0 Å². The van der Waals surface area contributed by atoms with Gasteiger partial charge >= 0.3 is 0 Å². The molecule has 2 aromatic rings. The fourth-order valence-electron chi connectivity index (χ4n) is 3.23. The highest BCUT2D eigenvalue weighted by Crippen LogP contribution is 2.27. The third-order valence-electron chi connectivity index (χ3n) is 4.85. The van der Waals surface area contributed by atoms with Gasteiger partial charge < -0.3 is 14.6 Å². The summed E-state index contributed by atoms with van der Waals surface area (Å²) in [5.74, 6) is 0.486. The Morgan fingerprint density at radius 1 is 1.23 bits per heavy atom. The van der Waals surface area contributed by atoms with Crippen LogP contribution in [0, 0.1) is 25.2 Å². The van der Waals surface area contributed by atoms with Crippen LogP contribution >= 0.6 is 0 Å². The van der Waals surface area contributed by atoms with Gasteiger partial charge in [-0.1, -0.05) is 30.3 Å². The van der Waals surface area contributed by atoms with E-state index < -0.39 is 0 Å². The Morgan fingerprint density at radius 2 is 1.92 bits per heavy atom. The number of nitriles is 1. The first-order valence-electron chi connectivity index (χ1n) is 8.83. The first-order valence-corrected chi connectivity index (χ1v) is 8.83. The summed E-state index contributed by atoms with van der Waals surface area (Å²) >= 11 is 0. The molecule has 1 aromatic heterocycles. The molecule has 3 rings (SSSR count). The average Bonchev–Trinajstić information content (AvgIpc) is 2.87. The first-order chi connectivity index (χ1) is 12.6. The number of hydrogen-bond donors (Lipinski definition) is 1. The molecule has 0 spiro atoms. The molecule has 6 nitrogen and oxygen atoms in total. The van der Waals surface area contributed by atoms with Crippen molar-refractivity contribution < 1.29 is 9.53 Å². The van der Waals surface area contributed by atoms with Gasteiger partial charge in [-0.25, -0.2) is 0 Å². The molecule has 0 atom stereocenters. The average molecular weight is 352 g/mol. The zero-order valence-electron chi connectivity index (χ0n) is 15.3. The van der Waals surface area contributed by atoms with E-state index in [-0.39, 0.29) is 5.91 Å². The quantitative estimate of drug-likeness (QED) is 0.896. The SMILES string of the molecule is Cc1c(C#N)c(NC(=O)CN2CCOCC2)n(Cc2ccccc2)c1C. The number of nitrogens with one attached hydrogen (secondary N) is 1. The van der Waals surface area contributed by atoms with E-state index in [0.29, 0.717) is 37.7 Å². The number of ether oxygens (including phenoxy) is 1. The number of morpholine rings is 1. The summed E-state index contributed by atoms with van der Waals surface area (Å²) in [4.78, 5) is 14.6. The zero-order valence-corrected chi connectivity index (χ0v) is 15.3. The summed E-state index contributed by atoms with van der Waals surface area (Å²) in [5, 5.41) is 12.6. The molecule has 1 N–H and O–H groups in total. The van der Waals surface area contributed by atoms with Crippen LogP contribution in [0.2, 0.25) is 0 Å². The Bertz CT molecular complexity index is 815. The number of nitrogens with zero attached hydrogens (tertiary/aromatic N) is 3. The fourth-order valence-corrected chi connectivity index (χ4v) is 3.23. The van der Waals surface area contributed by atoms with E-state index in [2.05, 4.69) is 16.3 Å². The van der Waals surface area contributed by atoms with Crippen LogP contribution in [0.4, 0.5) is 5.82 Å². The van der Waals surface area contributed by atoms with Crippen molar-refractivity contribution in [1.82, 2.24) is 9.47 Å². The van der Waals surface area contributed by atoms with E-state index in [1.165, 1.54) is 0 Å². The topological polar surface area (TPSA) is 70.3 Å². The minimum Gasteiger partial charge on any atom is -0.379 e. The lowest BCUT2D eigenvalue weighted by Crippen LogP contribution is -2.41. The maximum Gasteiger partial charge on any atom is 0.239 e. The van der Waals surface area contributed by atoms with Gasteiger partial charge in [0.05, 0.1) is 25.3 Å². The van der Waals surface area contributed by atoms with Gasteiger partial charge in [0.15, 0.2) is 0 Å². The van der Waals surface area contributed by atoms with Crippen molar-refractivity contribution in [3.63, 3.8) is 0 Å². The van der Waals surface area contributed by atoms with Crippen LogP contribution in [0.15, 0.2) is 30.3 Å². The van der Waals surface area contributed by atoms with E-state index in [1.54, 1.807) is 0 Å². The van der Waals surface area contributed by atoms with Gasteiger partial charge in [0.1, 0.15) is 11.9 Å². The number of carbonyl (C=O) groups excluding carboxylic acids is 1. The summed E-state index contributed by atoms with van der Waals surface area (Å²) in [7, 11) is 0. The summed E-state index contributed by atoms with van der Waals surface area (Å²) in [6.07, 6.45) is 0. The molecule has 1 saturated heterocycles. The van der Waals surface area contributed by atoms with E-state index >= 15 is 0 Å². The van der Waals surface area contributed by atoms with Gasteiger partial charge in [-0.05, 0) is 25.0 Å². The molecule has 6 heteroatoms. The van der Waals surface area contributed by atoms with Crippen molar-refractivity contribution >= 4 is 11.7 Å². The molecule has 0 saturated carbocycles. The van der Waals surface area contributed by atoms with Crippen molar-refractivity contribution in [1.29, 1.82) is 5.26 Å². The lowest BCUT2D eigenvalue weighted by Gasteiger charge is -2.26. The molecule has 0 bridgehead atoms. The smallest absolute Gasteiger partial charge is 0.239 e. The summed E-state index contributed by atoms with van der Waals surface area (Å²) < 4.78 is 7.33. The van der Waals surface area contributed by atoms with Gasteiger partial charge in [-0.2, -0.15) is 5.26 Å². The van der Waals surface area contributed by atoms with Crippen molar-refractivity contribution in [2.75, 3.05) is 38.2 Å². The monoisotopic (exact) mass is 352 g/mol. The number of amides is 1. The van der Waals surface area contributed by atoms with Crippen LogP contribution in [-0.4, -0.2) is 48.2 Å². The minimum atomic E-state index is -0.102. The number of hydrogen-bond acceptors (Lipinski definition) is 4. The molecule has 1 aliphatic rings. The third-order valence-corrected chi connectivity index (χ3v) is 4.85. The fraction of sp³-hybridized carbons (Fsp3) is 0.400. The second kappa shape index (κ2) is 8.17. The molecule has 0 unspecified atom stereocenters. The lowest BCUT2D eigenvalue weighted by molar-refractivity contribution is -0.118. The van der Waals surface area contributed by atoms with Crippen LogP contribution in [-0.2, 0) is 16.1 Å². The van der Waals surface area contributed by atoms with Crippen molar-refractivity contribution in [2.45, 2.75) is 20.4 Å². The first kappa shape index (κ1) is 18.2. The molecular formula is C20H24N4O2. The van der Waals surface area contributed by atoms with Gasteiger partial charge in [0, 0.05) is 25.3 Å². The molecule has 2 heterocycles. The van der Waals surface area contributed by atoms with Gasteiger partial charge in [0.25, 0.3) is 0 Å². The number of aromatic nitrogens is 1. The Kier molecular flexibility index (Phi) is 5.71. The molecular weight excluding hydrogens is 328 g/mol. The molecule has 1 amide bonds. The molecule has 1 aromatic carbocycles. The largest absolute Gasteiger partial charge is 0.379 e. The number of carbonyl (C=O) groups is 1. The maximum atomic E-state index is 12.6. The molecule has 1 aliphatic heterocycles. The van der Waals surface area contributed by atoms with Crippen LogP contribution in [0.5, 0.6) is 0 Å². The Labute approximate surface area is 154 Å². The molecule has 1 fully saturated rings. The van der Waals surface area contributed by atoms with Crippen LogP contribution < -0.4 is 5.32 Å². The van der Waals surface area contributed by atoms with E-state index in [0.717, 1.165) is 29.9 Å². The second-order valence-corrected chi connectivity index (χ2v) is 6.55. The minimum absolute atomic E-state index is 0.102. The normalized spacial score (nSPS) is 14.8. The molecule has 136 valence electrons. The van der Waals surface area contributed by atoms with Gasteiger partial charge in [-0.15, -0.1) is 0 Å². The van der Waals surface area contributed by atoms with Crippen molar-refractivity contribution in [3.8, 4) is 6.07 Å². The molecule has 0 aliphatic carbocycles. The van der Waals surface area contributed by atoms with Gasteiger partial charge in [-0.3, -0.25) is 9.69 Å². The number of anilines is 1.